The third-order valence-corrected chi connectivity index (χ3v) is 5.09. The molecule has 0 radical (unpaired) electrons. The number of hydrazone groups is 1. The Morgan fingerprint density at radius 3 is 2.61 bits per heavy atom. The summed E-state index contributed by atoms with van der Waals surface area (Å²) >= 11 is 6.20. The van der Waals surface area contributed by atoms with Gasteiger partial charge in [0.15, 0.2) is 0 Å². The number of aromatic amines is 1. The van der Waals surface area contributed by atoms with E-state index < -0.39 is 0 Å². The van der Waals surface area contributed by atoms with Crippen molar-refractivity contribution in [1.29, 1.82) is 0 Å². The summed E-state index contributed by atoms with van der Waals surface area (Å²) in [6.07, 6.45) is 1.46. The lowest BCUT2D eigenvalue weighted by Crippen LogP contribution is -2.12. The number of halogens is 1. The largest absolute Gasteiger partial charge is 0.321 e. The topological polar surface area (TPSA) is 83.0 Å². The molecular weight excluding hydrogens is 410 g/mol. The van der Waals surface area contributed by atoms with Crippen LogP contribution >= 0.6 is 11.6 Å². The van der Waals surface area contributed by atoms with Crippen LogP contribution in [0.1, 0.15) is 5.56 Å². The number of hydrogen-bond donors (Lipinski definition) is 2. The van der Waals surface area contributed by atoms with E-state index >= 15 is 0 Å². The van der Waals surface area contributed by atoms with Gasteiger partial charge in [0.05, 0.1) is 23.0 Å². The van der Waals surface area contributed by atoms with Gasteiger partial charge < -0.3 is 4.98 Å². The molecule has 0 spiro atoms. The van der Waals surface area contributed by atoms with Crippen LogP contribution in [0.5, 0.6) is 0 Å². The zero-order valence-corrected chi connectivity index (χ0v) is 17.0. The average molecular weight is 426 g/mol. The molecule has 0 saturated carbocycles. The predicted molar refractivity (Wildman–Crippen MR) is 126 cm³/mol. The molecular formula is C24H16ClN5O. The summed E-state index contributed by atoms with van der Waals surface area (Å²) in [7, 11) is 0. The van der Waals surface area contributed by atoms with Crippen LogP contribution in [0.25, 0.3) is 33.1 Å². The van der Waals surface area contributed by atoms with Crippen LogP contribution in [0.4, 0.5) is 5.95 Å². The molecule has 0 saturated heterocycles. The summed E-state index contributed by atoms with van der Waals surface area (Å²) < 4.78 is 0. The lowest BCUT2D eigenvalue weighted by atomic mass is 10.1. The highest BCUT2D eigenvalue weighted by atomic mass is 35.5. The molecule has 5 aromatic rings. The molecule has 0 unspecified atom stereocenters. The summed E-state index contributed by atoms with van der Waals surface area (Å²) in [5, 5.41) is 6.58. The number of fused-ring (bicyclic) bond motifs is 2. The number of pyridine rings is 1. The number of nitrogens with zero attached hydrogens (tertiary/aromatic N) is 3. The number of anilines is 1. The van der Waals surface area contributed by atoms with Crippen molar-refractivity contribution in [2.24, 2.45) is 5.10 Å². The van der Waals surface area contributed by atoms with E-state index in [4.69, 9.17) is 11.6 Å². The quantitative estimate of drug-likeness (QED) is 0.305. The molecule has 2 heterocycles. The molecule has 31 heavy (non-hydrogen) atoms. The molecule has 0 aliphatic heterocycles. The van der Waals surface area contributed by atoms with Crippen LogP contribution in [-0.2, 0) is 0 Å². The molecule has 0 amide bonds. The van der Waals surface area contributed by atoms with E-state index in [2.05, 4.69) is 25.5 Å². The fourth-order valence-electron chi connectivity index (χ4n) is 3.39. The van der Waals surface area contributed by atoms with Crippen LogP contribution in [-0.4, -0.2) is 21.2 Å². The third kappa shape index (κ3) is 3.89. The minimum atomic E-state index is -0.219. The first kappa shape index (κ1) is 19.0. The Morgan fingerprint density at radius 1 is 0.935 bits per heavy atom. The van der Waals surface area contributed by atoms with E-state index in [0.29, 0.717) is 16.5 Å². The van der Waals surface area contributed by atoms with Crippen molar-refractivity contribution in [3.63, 3.8) is 0 Å². The normalized spacial score (nSPS) is 11.4. The molecule has 7 heteroatoms. The highest BCUT2D eigenvalue weighted by molar-refractivity contribution is 6.31. The van der Waals surface area contributed by atoms with Crippen LogP contribution in [0.3, 0.4) is 0 Å². The summed E-state index contributed by atoms with van der Waals surface area (Å²) in [5.74, 6) is 0.321. The van der Waals surface area contributed by atoms with E-state index in [1.54, 1.807) is 12.1 Å². The lowest BCUT2D eigenvalue weighted by Gasteiger charge is -2.09. The van der Waals surface area contributed by atoms with Crippen LogP contribution in [0.15, 0.2) is 88.8 Å². The first-order valence-corrected chi connectivity index (χ1v) is 9.99. The summed E-state index contributed by atoms with van der Waals surface area (Å²) in [5.41, 5.74) is 6.26. The van der Waals surface area contributed by atoms with Gasteiger partial charge in [-0.05, 0) is 35.7 Å². The molecule has 0 fully saturated rings. The van der Waals surface area contributed by atoms with E-state index in [-0.39, 0.29) is 5.56 Å². The van der Waals surface area contributed by atoms with Gasteiger partial charge in [-0.2, -0.15) is 5.10 Å². The highest BCUT2D eigenvalue weighted by Crippen LogP contribution is 2.29. The first-order valence-electron chi connectivity index (χ1n) is 9.61. The SMILES string of the molecule is O=c1[nH]c2ccccc2cc1C=NNc1nc(-c2ccccc2)c2cc(Cl)ccc2n1. The number of benzene rings is 3. The zero-order valence-electron chi connectivity index (χ0n) is 16.2. The van der Waals surface area contributed by atoms with Crippen LogP contribution < -0.4 is 11.0 Å². The van der Waals surface area contributed by atoms with Crippen molar-refractivity contribution >= 4 is 45.6 Å². The van der Waals surface area contributed by atoms with Gasteiger partial charge in [-0.3, -0.25) is 4.79 Å². The monoisotopic (exact) mass is 425 g/mol. The van der Waals surface area contributed by atoms with E-state index in [0.717, 1.165) is 33.1 Å². The van der Waals surface area contributed by atoms with Crippen LogP contribution in [0, 0.1) is 0 Å². The molecule has 0 atom stereocenters. The van der Waals surface area contributed by atoms with Gasteiger partial charge in [-0.1, -0.05) is 60.1 Å². The van der Waals surface area contributed by atoms with E-state index in [9.17, 15) is 4.79 Å². The third-order valence-electron chi connectivity index (χ3n) is 4.86. The number of nitrogens with one attached hydrogen (secondary N) is 2. The Kier molecular flexibility index (Phi) is 4.90. The molecule has 0 bridgehead atoms. The minimum Gasteiger partial charge on any atom is -0.321 e. The van der Waals surface area contributed by atoms with Crippen LogP contribution in [0.2, 0.25) is 5.02 Å². The maximum atomic E-state index is 12.3. The van der Waals surface area contributed by atoms with E-state index in [1.165, 1.54) is 6.21 Å². The Balaban J connectivity index is 1.52. The van der Waals surface area contributed by atoms with Gasteiger partial charge in [0.2, 0.25) is 5.95 Å². The Morgan fingerprint density at radius 2 is 1.74 bits per heavy atom. The smallest absolute Gasteiger partial charge is 0.257 e. The molecule has 6 nitrogen and oxygen atoms in total. The van der Waals surface area contributed by atoms with E-state index in [1.807, 2.05) is 66.7 Å². The fourth-order valence-corrected chi connectivity index (χ4v) is 3.56. The van der Waals surface area contributed by atoms with Crippen molar-refractivity contribution in [3.8, 4) is 11.3 Å². The minimum absolute atomic E-state index is 0.219. The molecule has 2 aromatic heterocycles. The maximum absolute atomic E-state index is 12.3. The second-order valence-corrected chi connectivity index (χ2v) is 7.37. The molecule has 2 N–H and O–H groups in total. The van der Waals surface area contributed by atoms with Gasteiger partial charge in [-0.15, -0.1) is 0 Å². The average Bonchev–Trinajstić information content (AvgIpc) is 2.79. The van der Waals surface area contributed by atoms with Crippen molar-refractivity contribution in [1.82, 2.24) is 15.0 Å². The Labute approximate surface area is 182 Å². The van der Waals surface area contributed by atoms with Gasteiger partial charge in [0, 0.05) is 21.5 Å². The molecule has 3 aromatic carbocycles. The maximum Gasteiger partial charge on any atom is 0.257 e. The number of para-hydroxylation sites is 1. The Hall–Kier alpha value is -4.03. The number of hydrogen-bond acceptors (Lipinski definition) is 5. The molecule has 0 aliphatic carbocycles. The fraction of sp³-hybridized carbons (Fsp3) is 0. The summed E-state index contributed by atoms with van der Waals surface area (Å²) in [6.45, 7) is 0. The highest BCUT2D eigenvalue weighted by Gasteiger charge is 2.10. The molecule has 150 valence electrons. The number of H-pyrrole nitrogens is 1. The standard InChI is InChI=1S/C24H16ClN5O/c25-18-10-11-21-19(13-18)22(15-6-2-1-3-7-15)29-24(28-21)30-26-14-17-12-16-8-4-5-9-20(16)27-23(17)31/h1-14H,(H,27,31)(H,28,29,30). The number of rotatable bonds is 4. The second kappa shape index (κ2) is 8.01. The summed E-state index contributed by atoms with van der Waals surface area (Å²) in [6, 6.07) is 24.6. The van der Waals surface area contributed by atoms with Gasteiger partial charge in [0.25, 0.3) is 5.56 Å². The first-order chi connectivity index (χ1) is 15.2. The number of aromatic nitrogens is 3. The van der Waals surface area contributed by atoms with Crippen molar-refractivity contribution in [2.75, 3.05) is 5.43 Å². The second-order valence-electron chi connectivity index (χ2n) is 6.93. The Bertz CT molecular complexity index is 1500. The van der Waals surface area contributed by atoms with Gasteiger partial charge >= 0.3 is 0 Å². The lowest BCUT2D eigenvalue weighted by molar-refractivity contribution is 1.15. The molecule has 5 rings (SSSR count). The van der Waals surface area contributed by atoms with Crippen molar-refractivity contribution < 1.29 is 0 Å². The van der Waals surface area contributed by atoms with Gasteiger partial charge in [-0.25, -0.2) is 15.4 Å². The van der Waals surface area contributed by atoms with Crippen molar-refractivity contribution in [2.45, 2.75) is 0 Å². The predicted octanol–water partition coefficient (Wildman–Crippen LogP) is 5.24. The summed E-state index contributed by atoms with van der Waals surface area (Å²) in [4.78, 5) is 24.3. The molecule has 0 aliphatic rings. The van der Waals surface area contributed by atoms with Gasteiger partial charge in [0.1, 0.15) is 0 Å². The van der Waals surface area contributed by atoms with Crippen molar-refractivity contribution in [3.05, 3.63) is 99.8 Å². The zero-order chi connectivity index (χ0) is 21.2.